The maximum atomic E-state index is 12.9. The van der Waals surface area contributed by atoms with Crippen LogP contribution in [0.3, 0.4) is 0 Å². The van der Waals surface area contributed by atoms with Gasteiger partial charge in [-0.3, -0.25) is 0 Å². The van der Waals surface area contributed by atoms with E-state index in [9.17, 15) is 12.8 Å². The van der Waals surface area contributed by atoms with Crippen LogP contribution in [0.15, 0.2) is 64.2 Å². The van der Waals surface area contributed by atoms with E-state index in [0.717, 1.165) is 11.8 Å². The van der Waals surface area contributed by atoms with Crippen molar-refractivity contribution in [1.29, 1.82) is 0 Å². The highest BCUT2D eigenvalue weighted by molar-refractivity contribution is 8.00. The fraction of sp³-hybridized carbons (Fsp3) is 0.125. The van der Waals surface area contributed by atoms with Crippen LogP contribution in [0.5, 0.6) is 5.75 Å². The molecule has 2 aromatic carbocycles. The zero-order valence-electron chi connectivity index (χ0n) is 12.8. The molecule has 130 valence electrons. The van der Waals surface area contributed by atoms with Gasteiger partial charge in [0.05, 0.1) is 5.75 Å². The normalized spacial score (nSPS) is 11.4. The Morgan fingerprint density at radius 1 is 1.04 bits per heavy atom. The molecule has 0 radical (unpaired) electrons. The van der Waals surface area contributed by atoms with E-state index in [0.29, 0.717) is 5.56 Å². The van der Waals surface area contributed by atoms with Gasteiger partial charge >= 0.3 is 10.1 Å². The highest BCUT2D eigenvalue weighted by atomic mass is 32.2. The van der Waals surface area contributed by atoms with E-state index in [4.69, 9.17) is 8.60 Å². The van der Waals surface area contributed by atoms with Crippen LogP contribution in [-0.2, 0) is 10.1 Å². The predicted octanol–water partition coefficient (Wildman–Crippen LogP) is 3.38. The highest BCUT2D eigenvalue weighted by Gasteiger charge is 2.15. The molecule has 6 nitrogen and oxygen atoms in total. The van der Waals surface area contributed by atoms with E-state index in [-0.39, 0.29) is 34.2 Å². The summed E-state index contributed by atoms with van der Waals surface area (Å²) in [7, 11) is -3.71. The zero-order chi connectivity index (χ0) is 17.7. The van der Waals surface area contributed by atoms with Crippen molar-refractivity contribution in [2.75, 3.05) is 11.5 Å². The molecule has 0 aliphatic carbocycles. The molecule has 3 aromatic rings. The lowest BCUT2D eigenvalue weighted by atomic mass is 10.2. The molecule has 0 bridgehead atoms. The Morgan fingerprint density at radius 2 is 1.76 bits per heavy atom. The van der Waals surface area contributed by atoms with E-state index in [2.05, 4.69) is 10.2 Å². The van der Waals surface area contributed by atoms with Gasteiger partial charge in [0.2, 0.25) is 5.89 Å². The van der Waals surface area contributed by atoms with Gasteiger partial charge in [0.15, 0.2) is 0 Å². The lowest BCUT2D eigenvalue weighted by molar-refractivity contribution is 0.466. The van der Waals surface area contributed by atoms with Crippen molar-refractivity contribution in [1.82, 2.24) is 10.2 Å². The third-order valence-corrected chi connectivity index (χ3v) is 5.25. The standard InChI is InChI=1S/C16H13FN2O4S2/c17-13-8-6-12(7-9-13)15-18-19-16(22-15)24-10-11-25(20,21)23-14-4-2-1-3-5-14/h1-9H,10-11H2. The topological polar surface area (TPSA) is 82.3 Å². The van der Waals surface area contributed by atoms with Gasteiger partial charge in [-0.25, -0.2) is 4.39 Å². The summed E-state index contributed by atoms with van der Waals surface area (Å²) >= 11 is 1.10. The van der Waals surface area contributed by atoms with Gasteiger partial charge in [-0.15, -0.1) is 10.2 Å². The molecule has 0 N–H and O–H groups in total. The minimum absolute atomic E-state index is 0.195. The maximum absolute atomic E-state index is 12.9. The number of halogens is 1. The van der Waals surface area contributed by atoms with Crippen LogP contribution in [0.25, 0.3) is 11.5 Å². The lowest BCUT2D eigenvalue weighted by Gasteiger charge is -2.05. The molecule has 0 saturated carbocycles. The number of hydrogen-bond donors (Lipinski definition) is 0. The van der Waals surface area contributed by atoms with Crippen molar-refractivity contribution in [2.45, 2.75) is 5.22 Å². The van der Waals surface area contributed by atoms with Crippen molar-refractivity contribution in [2.24, 2.45) is 0 Å². The summed E-state index contributed by atoms with van der Waals surface area (Å²) < 4.78 is 47.1. The summed E-state index contributed by atoms with van der Waals surface area (Å²) in [4.78, 5) is 0. The molecule has 0 amide bonds. The smallest absolute Gasteiger partial charge is 0.310 e. The molecule has 0 fully saturated rings. The number of benzene rings is 2. The van der Waals surface area contributed by atoms with Gasteiger partial charge in [0.1, 0.15) is 11.6 Å². The third kappa shape index (κ3) is 5.04. The van der Waals surface area contributed by atoms with Crippen LogP contribution in [-0.4, -0.2) is 30.1 Å². The van der Waals surface area contributed by atoms with Crippen molar-refractivity contribution < 1.29 is 21.4 Å². The average molecular weight is 380 g/mol. The Labute approximate surface area is 148 Å². The van der Waals surface area contributed by atoms with Crippen molar-refractivity contribution in [3.8, 4) is 17.2 Å². The Hall–Kier alpha value is -2.39. The van der Waals surface area contributed by atoms with Crippen molar-refractivity contribution >= 4 is 21.9 Å². The molecular weight excluding hydrogens is 367 g/mol. The van der Waals surface area contributed by atoms with Gasteiger partial charge in [-0.05, 0) is 36.4 Å². The first-order valence-corrected chi connectivity index (χ1v) is 9.78. The van der Waals surface area contributed by atoms with Gasteiger partial charge in [-0.1, -0.05) is 30.0 Å². The summed E-state index contributed by atoms with van der Waals surface area (Å²) in [5.74, 6) is 0.136. The van der Waals surface area contributed by atoms with E-state index in [1.54, 1.807) is 30.3 Å². The number of thioether (sulfide) groups is 1. The van der Waals surface area contributed by atoms with Gasteiger partial charge < -0.3 is 8.60 Å². The number of rotatable bonds is 7. The fourth-order valence-corrected chi connectivity index (χ4v) is 3.92. The molecular formula is C16H13FN2O4S2. The summed E-state index contributed by atoms with van der Waals surface area (Å²) in [6.07, 6.45) is 0. The molecule has 0 unspecified atom stereocenters. The summed E-state index contributed by atoms with van der Waals surface area (Å²) in [6.45, 7) is 0. The van der Waals surface area contributed by atoms with Crippen LogP contribution < -0.4 is 4.18 Å². The van der Waals surface area contributed by atoms with Crippen LogP contribution in [0.4, 0.5) is 4.39 Å². The lowest BCUT2D eigenvalue weighted by Crippen LogP contribution is -2.15. The first kappa shape index (κ1) is 17.4. The predicted molar refractivity (Wildman–Crippen MR) is 91.3 cm³/mol. The largest absolute Gasteiger partial charge is 0.411 e. The molecule has 1 heterocycles. The highest BCUT2D eigenvalue weighted by Crippen LogP contribution is 2.23. The number of para-hydroxylation sites is 1. The number of nitrogens with zero attached hydrogens (tertiary/aromatic N) is 2. The van der Waals surface area contributed by atoms with E-state index >= 15 is 0 Å². The molecule has 0 spiro atoms. The van der Waals surface area contributed by atoms with Crippen LogP contribution >= 0.6 is 11.8 Å². The molecule has 1 aromatic heterocycles. The van der Waals surface area contributed by atoms with Crippen LogP contribution in [0, 0.1) is 5.82 Å². The monoisotopic (exact) mass is 380 g/mol. The Balaban J connectivity index is 1.55. The summed E-state index contributed by atoms with van der Waals surface area (Å²) in [5, 5.41) is 7.92. The first-order valence-electron chi connectivity index (χ1n) is 7.21. The molecule has 0 saturated heterocycles. The molecule has 0 aliphatic heterocycles. The van der Waals surface area contributed by atoms with Gasteiger partial charge in [-0.2, -0.15) is 8.42 Å². The number of aromatic nitrogens is 2. The average Bonchev–Trinajstić information content (AvgIpc) is 3.04. The minimum atomic E-state index is -3.71. The Morgan fingerprint density at radius 3 is 2.48 bits per heavy atom. The molecule has 0 aliphatic rings. The first-order chi connectivity index (χ1) is 12.0. The zero-order valence-corrected chi connectivity index (χ0v) is 14.5. The van der Waals surface area contributed by atoms with Crippen LogP contribution in [0.1, 0.15) is 0 Å². The quantitative estimate of drug-likeness (QED) is 0.459. The summed E-state index contributed by atoms with van der Waals surface area (Å²) in [6, 6.07) is 13.9. The maximum Gasteiger partial charge on any atom is 0.310 e. The summed E-state index contributed by atoms with van der Waals surface area (Å²) in [5.41, 5.74) is 0.584. The van der Waals surface area contributed by atoms with Crippen LogP contribution in [0.2, 0.25) is 0 Å². The number of hydrogen-bond acceptors (Lipinski definition) is 7. The third-order valence-electron chi connectivity index (χ3n) is 3.02. The van der Waals surface area contributed by atoms with Crippen molar-refractivity contribution in [3.63, 3.8) is 0 Å². The Kier molecular flexibility index (Phi) is 5.34. The van der Waals surface area contributed by atoms with Crippen molar-refractivity contribution in [3.05, 3.63) is 60.4 Å². The SMILES string of the molecule is O=S(=O)(CCSc1nnc(-c2ccc(F)cc2)o1)Oc1ccccc1. The molecule has 9 heteroatoms. The molecule has 25 heavy (non-hydrogen) atoms. The second-order valence-electron chi connectivity index (χ2n) is 4.89. The Bertz CT molecular complexity index is 928. The van der Waals surface area contributed by atoms with E-state index in [1.807, 2.05) is 0 Å². The fourth-order valence-electron chi connectivity index (χ4n) is 1.87. The minimum Gasteiger partial charge on any atom is -0.411 e. The van der Waals surface area contributed by atoms with Gasteiger partial charge in [0, 0.05) is 11.3 Å². The van der Waals surface area contributed by atoms with E-state index in [1.165, 1.54) is 24.3 Å². The second kappa shape index (κ2) is 7.66. The molecule has 0 atom stereocenters. The second-order valence-corrected chi connectivity index (χ2v) is 7.62. The van der Waals surface area contributed by atoms with Gasteiger partial charge in [0.25, 0.3) is 5.22 Å². The molecule has 3 rings (SSSR count). The van der Waals surface area contributed by atoms with E-state index < -0.39 is 10.1 Å².